The van der Waals surface area contributed by atoms with Crippen LogP contribution >= 0.6 is 0 Å². The van der Waals surface area contributed by atoms with Gasteiger partial charge in [-0.05, 0) is 36.2 Å². The number of nitrogens with zero attached hydrogens (tertiary/aromatic N) is 1. The third-order valence-electron chi connectivity index (χ3n) is 3.67. The quantitative estimate of drug-likeness (QED) is 0.861. The van der Waals surface area contributed by atoms with E-state index in [0.29, 0.717) is 0 Å². The molecule has 0 bridgehead atoms. The lowest BCUT2D eigenvalue weighted by molar-refractivity contribution is 0.190. The zero-order valence-electron chi connectivity index (χ0n) is 11.6. The van der Waals surface area contributed by atoms with Crippen molar-refractivity contribution >= 4 is 22.6 Å². The Kier molecular flexibility index (Phi) is 2.93. The van der Waals surface area contributed by atoms with Crippen molar-refractivity contribution in [1.82, 2.24) is 10.2 Å². The molecule has 3 rings (SSSR count). The average Bonchev–Trinajstić information content (AvgIpc) is 2.73. The van der Waals surface area contributed by atoms with Crippen LogP contribution in [0, 0.1) is 5.41 Å². The summed E-state index contributed by atoms with van der Waals surface area (Å²) in [5, 5.41) is 12.9. The van der Waals surface area contributed by atoms with Crippen LogP contribution < -0.4 is 5.32 Å². The first-order valence-corrected chi connectivity index (χ1v) is 6.74. The highest BCUT2D eigenvalue weighted by Gasteiger charge is 2.38. The summed E-state index contributed by atoms with van der Waals surface area (Å²) >= 11 is 0. The Morgan fingerprint density at radius 1 is 1.15 bits per heavy atom. The topological polar surface area (TPSA) is 56.2 Å². The van der Waals surface area contributed by atoms with Crippen LogP contribution in [0.15, 0.2) is 42.5 Å². The van der Waals surface area contributed by atoms with Gasteiger partial charge >= 0.3 is 6.03 Å². The Hall–Kier alpha value is -2.36. The largest absolute Gasteiger partial charge is 0.323 e. The number of nitrogens with one attached hydrogen (secondary N) is 2. The highest BCUT2D eigenvalue weighted by molar-refractivity contribution is 6.06. The summed E-state index contributed by atoms with van der Waals surface area (Å²) in [6, 6.07) is 13.8. The number of carbonyl (C=O) groups excluding carboxylic acids is 1. The fourth-order valence-corrected chi connectivity index (χ4v) is 2.74. The molecule has 2 aromatic rings. The van der Waals surface area contributed by atoms with Gasteiger partial charge in [-0.25, -0.2) is 4.79 Å². The Morgan fingerprint density at radius 3 is 2.55 bits per heavy atom. The van der Waals surface area contributed by atoms with E-state index in [1.807, 2.05) is 44.2 Å². The Bertz CT molecular complexity index is 693. The number of hydrogen-bond donors (Lipinski definition) is 2. The second kappa shape index (κ2) is 4.63. The molecule has 1 atom stereocenters. The summed E-state index contributed by atoms with van der Waals surface area (Å²) in [5.74, 6) is 0.249. The van der Waals surface area contributed by atoms with Gasteiger partial charge in [0.2, 0.25) is 0 Å². The van der Waals surface area contributed by atoms with Gasteiger partial charge in [0.05, 0.1) is 0 Å². The first-order valence-electron chi connectivity index (χ1n) is 6.74. The van der Waals surface area contributed by atoms with E-state index in [9.17, 15) is 4.79 Å². The standard InChI is InChI=1S/C16H17N3O/c1-10(2)19-14(15(17)18-16(19)20)13-8-7-11-5-3-4-6-12(11)9-13/h3-10,14H,1-2H3,(H2,17,18,20). The van der Waals surface area contributed by atoms with Gasteiger partial charge in [-0.1, -0.05) is 36.4 Å². The summed E-state index contributed by atoms with van der Waals surface area (Å²) in [6.07, 6.45) is 0. The van der Waals surface area contributed by atoms with E-state index in [-0.39, 0.29) is 24.0 Å². The zero-order valence-corrected chi connectivity index (χ0v) is 11.6. The number of carbonyl (C=O) groups is 1. The molecule has 20 heavy (non-hydrogen) atoms. The van der Waals surface area contributed by atoms with Gasteiger partial charge in [-0.2, -0.15) is 0 Å². The highest BCUT2D eigenvalue weighted by Crippen LogP contribution is 2.30. The Balaban J connectivity index is 2.08. The molecule has 4 heteroatoms. The molecule has 0 saturated carbocycles. The van der Waals surface area contributed by atoms with E-state index in [2.05, 4.69) is 17.4 Å². The fourth-order valence-electron chi connectivity index (χ4n) is 2.74. The van der Waals surface area contributed by atoms with Gasteiger partial charge in [0.1, 0.15) is 11.9 Å². The highest BCUT2D eigenvalue weighted by atomic mass is 16.2. The Morgan fingerprint density at radius 2 is 1.85 bits per heavy atom. The zero-order chi connectivity index (χ0) is 14.3. The van der Waals surface area contributed by atoms with Crippen molar-refractivity contribution < 1.29 is 4.79 Å². The van der Waals surface area contributed by atoms with Crippen molar-refractivity contribution in [2.24, 2.45) is 0 Å². The average molecular weight is 267 g/mol. The SMILES string of the molecule is CC(C)N1C(=O)NC(=N)C1c1ccc2ccccc2c1. The van der Waals surface area contributed by atoms with Crippen molar-refractivity contribution in [3.8, 4) is 0 Å². The molecule has 0 aliphatic carbocycles. The molecule has 1 fully saturated rings. The van der Waals surface area contributed by atoms with Crippen LogP contribution in [-0.2, 0) is 0 Å². The first kappa shape index (κ1) is 12.7. The number of rotatable bonds is 2. The Labute approximate surface area is 117 Å². The third kappa shape index (κ3) is 1.93. The molecule has 2 amide bonds. The number of amidine groups is 1. The third-order valence-corrected chi connectivity index (χ3v) is 3.67. The lowest BCUT2D eigenvalue weighted by atomic mass is 10.0. The molecule has 2 N–H and O–H groups in total. The molecule has 2 aromatic carbocycles. The maximum atomic E-state index is 11.9. The van der Waals surface area contributed by atoms with Crippen molar-refractivity contribution in [3.05, 3.63) is 48.0 Å². The fraction of sp³-hybridized carbons (Fsp3) is 0.250. The van der Waals surface area contributed by atoms with Gasteiger partial charge < -0.3 is 4.90 Å². The van der Waals surface area contributed by atoms with Crippen LogP contribution in [0.3, 0.4) is 0 Å². The minimum atomic E-state index is -0.313. The first-order chi connectivity index (χ1) is 9.58. The van der Waals surface area contributed by atoms with Crippen LogP contribution in [0.1, 0.15) is 25.5 Å². The number of amides is 2. The monoisotopic (exact) mass is 267 g/mol. The maximum absolute atomic E-state index is 11.9. The molecule has 4 nitrogen and oxygen atoms in total. The molecule has 1 heterocycles. The minimum absolute atomic E-state index is 0.0503. The number of fused-ring (bicyclic) bond motifs is 1. The van der Waals surface area contributed by atoms with E-state index >= 15 is 0 Å². The van der Waals surface area contributed by atoms with Gasteiger partial charge in [0.25, 0.3) is 0 Å². The number of urea groups is 1. The lowest BCUT2D eigenvalue weighted by Crippen LogP contribution is -2.35. The van der Waals surface area contributed by atoms with Crippen LogP contribution in [0.4, 0.5) is 4.79 Å². The van der Waals surface area contributed by atoms with E-state index in [0.717, 1.165) is 16.3 Å². The second-order valence-corrected chi connectivity index (χ2v) is 5.35. The van der Waals surface area contributed by atoms with Crippen LogP contribution in [0.25, 0.3) is 10.8 Å². The van der Waals surface area contributed by atoms with Crippen LogP contribution in [0.2, 0.25) is 0 Å². The summed E-state index contributed by atoms with van der Waals surface area (Å²) in [6.45, 7) is 3.93. The van der Waals surface area contributed by atoms with Gasteiger partial charge in [-0.3, -0.25) is 10.7 Å². The van der Waals surface area contributed by atoms with E-state index < -0.39 is 0 Å². The molecule has 1 saturated heterocycles. The molecule has 0 aromatic heterocycles. The van der Waals surface area contributed by atoms with E-state index in [1.54, 1.807) is 4.90 Å². The summed E-state index contributed by atoms with van der Waals surface area (Å²) in [7, 11) is 0. The van der Waals surface area contributed by atoms with Crippen LogP contribution in [0.5, 0.6) is 0 Å². The second-order valence-electron chi connectivity index (χ2n) is 5.35. The van der Waals surface area contributed by atoms with Crippen LogP contribution in [-0.4, -0.2) is 22.8 Å². The van der Waals surface area contributed by atoms with Crippen molar-refractivity contribution in [1.29, 1.82) is 5.41 Å². The number of hydrogen-bond acceptors (Lipinski definition) is 2. The summed E-state index contributed by atoms with van der Waals surface area (Å²) < 4.78 is 0. The molecular formula is C16H17N3O. The predicted molar refractivity (Wildman–Crippen MR) is 79.9 cm³/mol. The maximum Gasteiger partial charge on any atom is 0.323 e. The summed E-state index contributed by atoms with van der Waals surface area (Å²) in [5.41, 5.74) is 0.973. The van der Waals surface area contributed by atoms with Gasteiger partial charge in [0, 0.05) is 6.04 Å². The molecule has 0 spiro atoms. The molecular weight excluding hydrogens is 250 g/mol. The lowest BCUT2D eigenvalue weighted by Gasteiger charge is -2.26. The molecule has 1 aliphatic heterocycles. The smallest absolute Gasteiger partial charge is 0.308 e. The normalized spacial score (nSPS) is 18.9. The van der Waals surface area contributed by atoms with Crippen molar-refractivity contribution in [2.45, 2.75) is 25.9 Å². The molecule has 1 aliphatic rings. The van der Waals surface area contributed by atoms with Crippen molar-refractivity contribution in [2.75, 3.05) is 0 Å². The van der Waals surface area contributed by atoms with E-state index in [1.165, 1.54) is 0 Å². The van der Waals surface area contributed by atoms with Gasteiger partial charge in [-0.15, -0.1) is 0 Å². The van der Waals surface area contributed by atoms with Gasteiger partial charge in [0.15, 0.2) is 0 Å². The molecule has 0 radical (unpaired) electrons. The van der Waals surface area contributed by atoms with Crippen molar-refractivity contribution in [3.63, 3.8) is 0 Å². The summed E-state index contributed by atoms with van der Waals surface area (Å²) in [4.78, 5) is 13.7. The minimum Gasteiger partial charge on any atom is -0.308 e. The number of benzene rings is 2. The van der Waals surface area contributed by atoms with E-state index in [4.69, 9.17) is 5.41 Å². The molecule has 102 valence electrons. The molecule has 1 unspecified atom stereocenters. The predicted octanol–water partition coefficient (Wildman–Crippen LogP) is 3.29.